The van der Waals surface area contributed by atoms with Crippen molar-refractivity contribution < 1.29 is 8.42 Å². The van der Waals surface area contributed by atoms with Crippen LogP contribution in [0.1, 0.15) is 0 Å². The van der Waals surface area contributed by atoms with Crippen molar-refractivity contribution in [2.24, 2.45) is 0 Å². The van der Waals surface area contributed by atoms with Gasteiger partial charge >= 0.3 is 0 Å². The fourth-order valence-electron chi connectivity index (χ4n) is 1.91. The van der Waals surface area contributed by atoms with Crippen molar-refractivity contribution in [2.45, 2.75) is 5.03 Å². The van der Waals surface area contributed by atoms with Crippen molar-refractivity contribution >= 4 is 44.6 Å². The number of pyridine rings is 1. The molecule has 0 bridgehead atoms. The predicted octanol–water partition coefficient (Wildman–Crippen LogP) is 3.44. The van der Waals surface area contributed by atoms with Gasteiger partial charge in [-0.1, -0.05) is 29.3 Å². The maximum atomic E-state index is 12.5. The van der Waals surface area contributed by atoms with Gasteiger partial charge in [-0.05, 0) is 36.4 Å². The van der Waals surface area contributed by atoms with E-state index in [1.165, 1.54) is 4.40 Å². The largest absolute Gasteiger partial charge is 0.288 e. The number of hydrogen-bond donors (Lipinski definition) is 1. The minimum absolute atomic E-state index is 0.0809. The Morgan fingerprint density at radius 1 is 1.05 bits per heavy atom. The van der Waals surface area contributed by atoms with Crippen LogP contribution in [0.4, 0.5) is 5.69 Å². The molecule has 108 valence electrons. The van der Waals surface area contributed by atoms with Crippen molar-refractivity contribution in [3.05, 3.63) is 58.8 Å². The van der Waals surface area contributed by atoms with Crippen LogP contribution in [0, 0.1) is 0 Å². The van der Waals surface area contributed by atoms with Crippen molar-refractivity contribution in [2.75, 3.05) is 4.72 Å². The topological polar surface area (TPSA) is 63.5 Å². The number of anilines is 1. The van der Waals surface area contributed by atoms with Gasteiger partial charge in [0, 0.05) is 16.9 Å². The average Bonchev–Trinajstić information content (AvgIpc) is 2.77. The van der Waals surface area contributed by atoms with Gasteiger partial charge in [0.15, 0.2) is 10.2 Å². The minimum atomic E-state index is -3.86. The zero-order valence-electron chi connectivity index (χ0n) is 10.5. The summed E-state index contributed by atoms with van der Waals surface area (Å²) in [5, 5.41) is 0.336. The van der Waals surface area contributed by atoms with E-state index in [1.807, 2.05) is 0 Å². The molecule has 0 fully saturated rings. The normalized spacial score (nSPS) is 11.7. The second kappa shape index (κ2) is 5.22. The molecule has 0 saturated heterocycles. The Balaban J connectivity index is 2.08. The highest BCUT2D eigenvalue weighted by molar-refractivity contribution is 7.92. The van der Waals surface area contributed by atoms with Crippen LogP contribution < -0.4 is 4.72 Å². The van der Waals surface area contributed by atoms with Crippen LogP contribution in [0.3, 0.4) is 0 Å². The Morgan fingerprint density at radius 2 is 1.76 bits per heavy atom. The van der Waals surface area contributed by atoms with Crippen LogP contribution in [0.5, 0.6) is 0 Å². The van der Waals surface area contributed by atoms with E-state index in [2.05, 4.69) is 9.71 Å². The summed E-state index contributed by atoms with van der Waals surface area (Å²) < 4.78 is 28.9. The molecule has 0 amide bonds. The second-order valence-corrected chi connectivity index (χ2v) is 6.64. The third kappa shape index (κ3) is 2.70. The third-order valence-corrected chi connectivity index (χ3v) is 4.83. The van der Waals surface area contributed by atoms with Crippen LogP contribution in [-0.4, -0.2) is 17.8 Å². The van der Waals surface area contributed by atoms with Gasteiger partial charge in [-0.3, -0.25) is 9.12 Å². The number of nitrogens with one attached hydrogen (secondary N) is 1. The van der Waals surface area contributed by atoms with Gasteiger partial charge in [0.1, 0.15) is 5.65 Å². The monoisotopic (exact) mass is 341 g/mol. The maximum absolute atomic E-state index is 12.5. The highest BCUT2D eigenvalue weighted by atomic mass is 35.5. The molecule has 0 aliphatic rings. The predicted molar refractivity (Wildman–Crippen MR) is 82.5 cm³/mol. The molecular formula is C13H9Cl2N3O2S. The summed E-state index contributed by atoms with van der Waals surface area (Å²) in [6.45, 7) is 0. The Morgan fingerprint density at radius 3 is 2.48 bits per heavy atom. The zero-order valence-corrected chi connectivity index (χ0v) is 12.8. The number of hydrogen-bond acceptors (Lipinski definition) is 3. The summed E-state index contributed by atoms with van der Waals surface area (Å²) in [7, 11) is -3.86. The molecule has 21 heavy (non-hydrogen) atoms. The molecule has 2 aromatic heterocycles. The molecule has 3 aromatic rings. The molecule has 0 aliphatic heterocycles. The van der Waals surface area contributed by atoms with E-state index >= 15 is 0 Å². The van der Waals surface area contributed by atoms with Gasteiger partial charge in [0.05, 0.1) is 0 Å². The lowest BCUT2D eigenvalue weighted by atomic mass is 10.3. The zero-order chi connectivity index (χ0) is 15.0. The van der Waals surface area contributed by atoms with Crippen LogP contribution in [0.2, 0.25) is 10.2 Å². The van der Waals surface area contributed by atoms with Crippen LogP contribution >= 0.6 is 23.2 Å². The number of nitrogens with zero attached hydrogens (tertiary/aromatic N) is 2. The molecule has 1 N–H and O–H groups in total. The number of rotatable bonds is 3. The molecule has 0 spiro atoms. The second-order valence-electron chi connectivity index (χ2n) is 4.25. The molecule has 0 aliphatic carbocycles. The van der Waals surface area contributed by atoms with Crippen molar-refractivity contribution in [3.8, 4) is 0 Å². The average molecular weight is 342 g/mol. The van der Waals surface area contributed by atoms with Gasteiger partial charge in [-0.2, -0.15) is 8.42 Å². The first-order valence-corrected chi connectivity index (χ1v) is 8.12. The molecule has 2 heterocycles. The van der Waals surface area contributed by atoms with Crippen molar-refractivity contribution in [1.82, 2.24) is 9.38 Å². The Hall–Kier alpha value is -1.76. The summed E-state index contributed by atoms with van der Waals surface area (Å²) in [5.74, 6) is 0. The number of fused-ring (bicyclic) bond motifs is 1. The first kappa shape index (κ1) is 14.2. The van der Waals surface area contributed by atoms with E-state index < -0.39 is 10.0 Å². The number of halogens is 2. The van der Waals surface area contributed by atoms with Gasteiger partial charge < -0.3 is 0 Å². The van der Waals surface area contributed by atoms with E-state index in [1.54, 1.807) is 48.7 Å². The number of imidazole rings is 1. The van der Waals surface area contributed by atoms with Gasteiger partial charge in [0.25, 0.3) is 10.0 Å². The van der Waals surface area contributed by atoms with E-state index in [9.17, 15) is 8.42 Å². The van der Waals surface area contributed by atoms with Gasteiger partial charge in [-0.15, -0.1) is 0 Å². The summed E-state index contributed by atoms with van der Waals surface area (Å²) in [6.07, 6.45) is 1.59. The molecular weight excluding hydrogens is 333 g/mol. The van der Waals surface area contributed by atoms with Crippen LogP contribution in [0.25, 0.3) is 5.65 Å². The molecule has 8 heteroatoms. The van der Waals surface area contributed by atoms with Crippen LogP contribution in [0.15, 0.2) is 53.7 Å². The van der Waals surface area contributed by atoms with E-state index in [0.29, 0.717) is 16.4 Å². The van der Waals surface area contributed by atoms with E-state index in [-0.39, 0.29) is 10.2 Å². The molecule has 1 aromatic carbocycles. The Bertz CT molecular complexity index is 905. The quantitative estimate of drug-likeness (QED) is 0.793. The first-order chi connectivity index (χ1) is 9.97. The molecule has 0 saturated carbocycles. The SMILES string of the molecule is O=S(=O)(Nc1ccc(Cl)cc1)c1c(Cl)nc2ccccn12. The van der Waals surface area contributed by atoms with E-state index in [4.69, 9.17) is 23.2 Å². The van der Waals surface area contributed by atoms with Gasteiger partial charge in [0.2, 0.25) is 0 Å². The number of benzene rings is 1. The number of sulfonamides is 1. The maximum Gasteiger partial charge on any atom is 0.281 e. The minimum Gasteiger partial charge on any atom is -0.288 e. The molecule has 0 radical (unpaired) electrons. The Labute approximate surface area is 131 Å². The molecule has 0 atom stereocenters. The summed E-state index contributed by atoms with van der Waals surface area (Å²) in [5.41, 5.74) is 0.848. The smallest absolute Gasteiger partial charge is 0.281 e. The first-order valence-electron chi connectivity index (χ1n) is 5.88. The molecule has 5 nitrogen and oxygen atoms in total. The summed E-state index contributed by atoms with van der Waals surface area (Å²) in [4.78, 5) is 4.02. The lowest BCUT2D eigenvalue weighted by Crippen LogP contribution is -2.15. The third-order valence-electron chi connectivity index (χ3n) is 2.80. The van der Waals surface area contributed by atoms with Crippen molar-refractivity contribution in [3.63, 3.8) is 0 Å². The Kier molecular flexibility index (Phi) is 3.52. The fraction of sp³-hybridized carbons (Fsp3) is 0. The highest BCUT2D eigenvalue weighted by Gasteiger charge is 2.24. The molecule has 0 unspecified atom stereocenters. The van der Waals surface area contributed by atoms with Gasteiger partial charge in [-0.25, -0.2) is 4.98 Å². The van der Waals surface area contributed by atoms with Crippen molar-refractivity contribution in [1.29, 1.82) is 0 Å². The molecule has 3 rings (SSSR count). The fourth-order valence-corrected chi connectivity index (χ4v) is 3.74. The van der Waals surface area contributed by atoms with E-state index in [0.717, 1.165) is 0 Å². The summed E-state index contributed by atoms with van der Waals surface area (Å²) in [6, 6.07) is 11.4. The van der Waals surface area contributed by atoms with Crippen LogP contribution in [-0.2, 0) is 10.0 Å². The standard InChI is InChI=1S/C13H9Cl2N3O2S/c14-9-4-6-10(7-5-9)17-21(19,20)13-12(15)16-11-3-1-2-8-18(11)13/h1-8,17H. The lowest BCUT2D eigenvalue weighted by Gasteiger charge is -2.08. The summed E-state index contributed by atoms with van der Waals surface area (Å²) >= 11 is 11.7. The highest BCUT2D eigenvalue weighted by Crippen LogP contribution is 2.25. The number of aromatic nitrogens is 2. The lowest BCUT2D eigenvalue weighted by molar-refractivity contribution is 0.596.